The van der Waals surface area contributed by atoms with Crippen molar-refractivity contribution in [3.05, 3.63) is 64.1 Å². The molecule has 0 aromatic heterocycles. The maximum Gasteiger partial charge on any atom is 0.408 e. The number of likely N-dealkylation sites (N-methyl/N-ethyl adjacent to an activating group) is 1. The molecule has 0 radical (unpaired) electrons. The summed E-state index contributed by atoms with van der Waals surface area (Å²) in [5.41, 5.74) is -0.673. The van der Waals surface area contributed by atoms with Crippen LogP contribution in [0.15, 0.2) is 53.0 Å². The first kappa shape index (κ1) is 24.6. The van der Waals surface area contributed by atoms with Gasteiger partial charge in [0, 0.05) is 22.8 Å². The van der Waals surface area contributed by atoms with Gasteiger partial charge < -0.3 is 25.0 Å². The van der Waals surface area contributed by atoms with E-state index in [0.29, 0.717) is 16.8 Å². The average Bonchev–Trinajstić information content (AvgIpc) is 2.94. The van der Waals surface area contributed by atoms with Gasteiger partial charge in [-0.3, -0.25) is 4.79 Å². The van der Waals surface area contributed by atoms with Crippen LogP contribution in [-0.2, 0) is 19.8 Å². The first-order chi connectivity index (χ1) is 15.5. The van der Waals surface area contributed by atoms with Gasteiger partial charge in [0.25, 0.3) is 5.91 Å². The standard InChI is InChI=1S/C24H28BrN3O5/c1-6-32-22(31)27-24(17-9-7-8-10-18(17)28(5)20(24)29)19(15-11-13-16(25)14-12-15)26-21(30)33-23(2,3)4/h7-14,19H,6H2,1-5H3,(H,26,30)(H,27,31)/t19-,24?/m0/s1. The Morgan fingerprint density at radius 2 is 1.73 bits per heavy atom. The number of hydrogen-bond donors (Lipinski definition) is 2. The van der Waals surface area contributed by atoms with Gasteiger partial charge in [-0.1, -0.05) is 46.3 Å². The van der Waals surface area contributed by atoms with Gasteiger partial charge >= 0.3 is 12.2 Å². The van der Waals surface area contributed by atoms with E-state index in [9.17, 15) is 14.4 Å². The Labute approximate surface area is 201 Å². The molecule has 0 saturated heterocycles. The van der Waals surface area contributed by atoms with Crippen LogP contribution in [0, 0.1) is 0 Å². The number of carbonyl (C=O) groups is 3. The second kappa shape index (κ2) is 9.43. The van der Waals surface area contributed by atoms with E-state index in [-0.39, 0.29) is 6.61 Å². The molecule has 8 nitrogen and oxygen atoms in total. The monoisotopic (exact) mass is 517 g/mol. The molecular weight excluding hydrogens is 490 g/mol. The number of ether oxygens (including phenoxy) is 2. The van der Waals surface area contributed by atoms with Gasteiger partial charge in [0.2, 0.25) is 0 Å². The van der Waals surface area contributed by atoms with Crippen LogP contribution in [0.3, 0.4) is 0 Å². The number of benzene rings is 2. The van der Waals surface area contributed by atoms with Crippen molar-refractivity contribution in [2.24, 2.45) is 0 Å². The van der Waals surface area contributed by atoms with E-state index in [2.05, 4.69) is 26.6 Å². The highest BCUT2D eigenvalue weighted by atomic mass is 79.9. The molecule has 1 unspecified atom stereocenters. The van der Waals surface area contributed by atoms with E-state index >= 15 is 0 Å². The quantitative estimate of drug-likeness (QED) is 0.602. The zero-order valence-corrected chi connectivity index (χ0v) is 20.9. The fourth-order valence-electron chi connectivity index (χ4n) is 3.91. The van der Waals surface area contributed by atoms with Gasteiger partial charge in [-0.15, -0.1) is 0 Å². The number of alkyl carbamates (subject to hydrolysis) is 2. The predicted octanol–water partition coefficient (Wildman–Crippen LogP) is 4.63. The van der Waals surface area contributed by atoms with Gasteiger partial charge in [0.15, 0.2) is 5.54 Å². The number of fused-ring (bicyclic) bond motifs is 1. The summed E-state index contributed by atoms with van der Waals surface area (Å²) >= 11 is 3.41. The predicted molar refractivity (Wildman–Crippen MR) is 128 cm³/mol. The lowest BCUT2D eigenvalue weighted by Crippen LogP contribution is -2.60. The summed E-state index contributed by atoms with van der Waals surface area (Å²) in [7, 11) is 1.63. The fourth-order valence-corrected chi connectivity index (χ4v) is 4.18. The second-order valence-electron chi connectivity index (χ2n) is 8.67. The number of nitrogens with zero attached hydrogens (tertiary/aromatic N) is 1. The molecule has 2 atom stereocenters. The van der Waals surface area contributed by atoms with Crippen molar-refractivity contribution in [1.82, 2.24) is 10.6 Å². The molecule has 176 valence electrons. The third-order valence-corrected chi connectivity index (χ3v) is 5.73. The third-order valence-electron chi connectivity index (χ3n) is 5.20. The molecule has 0 aliphatic carbocycles. The number of anilines is 1. The molecule has 2 N–H and O–H groups in total. The average molecular weight is 518 g/mol. The number of para-hydroxylation sites is 1. The van der Waals surface area contributed by atoms with Crippen LogP contribution < -0.4 is 15.5 Å². The first-order valence-electron chi connectivity index (χ1n) is 10.6. The van der Waals surface area contributed by atoms with Crippen LogP contribution in [0.4, 0.5) is 15.3 Å². The minimum absolute atomic E-state index is 0.121. The van der Waals surface area contributed by atoms with Crippen LogP contribution in [0.25, 0.3) is 0 Å². The zero-order valence-electron chi connectivity index (χ0n) is 19.3. The lowest BCUT2D eigenvalue weighted by molar-refractivity contribution is -0.125. The number of halogens is 1. The lowest BCUT2D eigenvalue weighted by atomic mass is 9.80. The smallest absolute Gasteiger partial charge is 0.408 e. The maximum absolute atomic E-state index is 13.8. The molecule has 0 saturated carbocycles. The fraction of sp³-hybridized carbons (Fsp3) is 0.375. The Hall–Kier alpha value is -3.07. The van der Waals surface area contributed by atoms with E-state index < -0.39 is 35.3 Å². The highest BCUT2D eigenvalue weighted by Gasteiger charge is 2.57. The van der Waals surface area contributed by atoms with E-state index in [1.807, 2.05) is 0 Å². The summed E-state index contributed by atoms with van der Waals surface area (Å²) in [5, 5.41) is 5.61. The second-order valence-corrected chi connectivity index (χ2v) is 9.58. The highest BCUT2D eigenvalue weighted by Crippen LogP contribution is 2.47. The van der Waals surface area contributed by atoms with Gasteiger partial charge in [-0.05, 0) is 51.5 Å². The van der Waals surface area contributed by atoms with Crippen LogP contribution in [-0.4, -0.2) is 37.3 Å². The third kappa shape index (κ3) is 4.98. The van der Waals surface area contributed by atoms with E-state index in [0.717, 1.165) is 4.47 Å². The zero-order chi connectivity index (χ0) is 24.4. The molecule has 3 amide bonds. The molecule has 0 spiro atoms. The lowest BCUT2D eigenvalue weighted by Gasteiger charge is -2.37. The molecular formula is C24H28BrN3O5. The number of hydrogen-bond acceptors (Lipinski definition) is 5. The van der Waals surface area contributed by atoms with Crippen molar-refractivity contribution in [2.45, 2.75) is 44.9 Å². The van der Waals surface area contributed by atoms with Gasteiger partial charge in [-0.2, -0.15) is 0 Å². The van der Waals surface area contributed by atoms with Crippen molar-refractivity contribution in [3.63, 3.8) is 0 Å². The molecule has 0 fully saturated rings. The molecule has 1 heterocycles. The van der Waals surface area contributed by atoms with Crippen LogP contribution in [0.5, 0.6) is 0 Å². The Kier molecular flexibility index (Phi) is 7.02. The Balaban J connectivity index is 2.22. The molecule has 2 aromatic rings. The summed E-state index contributed by atoms with van der Waals surface area (Å²) in [6, 6.07) is 13.3. The van der Waals surface area contributed by atoms with Crippen molar-refractivity contribution >= 4 is 39.7 Å². The molecule has 9 heteroatoms. The van der Waals surface area contributed by atoms with Crippen LogP contribution in [0.1, 0.15) is 44.9 Å². The normalized spacial score (nSPS) is 18.4. The summed E-state index contributed by atoms with van der Waals surface area (Å²) in [6.45, 7) is 7.04. The van der Waals surface area contributed by atoms with E-state index in [1.54, 1.807) is 83.3 Å². The molecule has 3 rings (SSSR count). The van der Waals surface area contributed by atoms with E-state index in [1.165, 1.54) is 4.90 Å². The maximum atomic E-state index is 13.8. The number of nitrogens with one attached hydrogen (secondary N) is 2. The van der Waals surface area contributed by atoms with Gasteiger partial charge in [0.05, 0.1) is 12.6 Å². The number of rotatable bonds is 5. The van der Waals surface area contributed by atoms with Crippen molar-refractivity contribution < 1.29 is 23.9 Å². The number of amides is 3. The van der Waals surface area contributed by atoms with Crippen molar-refractivity contribution in [3.8, 4) is 0 Å². The number of carbonyl (C=O) groups excluding carboxylic acids is 3. The minimum atomic E-state index is -1.66. The molecule has 0 bridgehead atoms. The van der Waals surface area contributed by atoms with E-state index in [4.69, 9.17) is 9.47 Å². The SMILES string of the molecule is CCOC(=O)NC1([C@@H](NC(=O)OC(C)(C)C)c2ccc(Br)cc2)C(=O)N(C)c2ccccc21. The Morgan fingerprint density at radius 3 is 2.33 bits per heavy atom. The molecule has 1 aliphatic rings. The minimum Gasteiger partial charge on any atom is -0.450 e. The molecule has 2 aromatic carbocycles. The van der Waals surface area contributed by atoms with Crippen LogP contribution in [0.2, 0.25) is 0 Å². The summed E-state index contributed by atoms with van der Waals surface area (Å²) in [6.07, 6.45) is -1.50. The topological polar surface area (TPSA) is 97.0 Å². The summed E-state index contributed by atoms with van der Waals surface area (Å²) in [5.74, 6) is -0.416. The van der Waals surface area contributed by atoms with Crippen molar-refractivity contribution in [2.75, 3.05) is 18.6 Å². The van der Waals surface area contributed by atoms with Gasteiger partial charge in [-0.25, -0.2) is 9.59 Å². The largest absolute Gasteiger partial charge is 0.450 e. The Bertz CT molecular complexity index is 1050. The molecule has 1 aliphatic heterocycles. The van der Waals surface area contributed by atoms with Crippen LogP contribution >= 0.6 is 15.9 Å². The van der Waals surface area contributed by atoms with Gasteiger partial charge in [0.1, 0.15) is 5.60 Å². The summed E-state index contributed by atoms with van der Waals surface area (Å²) in [4.78, 5) is 40.9. The Morgan fingerprint density at radius 1 is 1.09 bits per heavy atom. The van der Waals surface area contributed by atoms with Crippen molar-refractivity contribution in [1.29, 1.82) is 0 Å². The first-order valence-corrected chi connectivity index (χ1v) is 11.4. The molecule has 33 heavy (non-hydrogen) atoms. The highest BCUT2D eigenvalue weighted by molar-refractivity contribution is 9.10. The summed E-state index contributed by atoms with van der Waals surface area (Å²) < 4.78 is 11.5.